The van der Waals surface area contributed by atoms with Gasteiger partial charge in [-0.05, 0) is 43.2 Å². The lowest BCUT2D eigenvalue weighted by molar-refractivity contribution is -0.122. The predicted molar refractivity (Wildman–Crippen MR) is 82.0 cm³/mol. The summed E-state index contributed by atoms with van der Waals surface area (Å²) in [5.41, 5.74) is 0.139. The number of benzene rings is 1. The molecule has 1 N–H and O–H groups in total. The molecule has 7 heteroatoms. The van der Waals surface area contributed by atoms with Crippen LogP contribution in [0.1, 0.15) is 36.0 Å². The standard InChI is InChI=1S/C16H18N2O4S/c19-15(17-13-8-10-5-6-11(13)7-10)9-18-16(20)12-3-1-2-4-14(12)23(18,21)22/h1-4,10-11,13H,5-9H2,(H,17,19)/t10-,11+,13+/m1/s1. The molecule has 3 aliphatic rings. The van der Waals surface area contributed by atoms with Crippen molar-refractivity contribution in [1.82, 2.24) is 9.62 Å². The van der Waals surface area contributed by atoms with Crippen LogP contribution in [0.3, 0.4) is 0 Å². The van der Waals surface area contributed by atoms with Crippen molar-refractivity contribution in [3.8, 4) is 0 Å². The van der Waals surface area contributed by atoms with Gasteiger partial charge >= 0.3 is 0 Å². The Kier molecular flexibility index (Phi) is 3.23. The minimum Gasteiger partial charge on any atom is -0.352 e. The Balaban J connectivity index is 1.49. The maximum atomic E-state index is 12.4. The Morgan fingerprint density at radius 2 is 2.00 bits per heavy atom. The van der Waals surface area contributed by atoms with Crippen LogP contribution in [0.15, 0.2) is 29.2 Å². The number of amides is 2. The van der Waals surface area contributed by atoms with E-state index in [1.54, 1.807) is 12.1 Å². The molecule has 2 amide bonds. The van der Waals surface area contributed by atoms with E-state index < -0.39 is 28.4 Å². The first-order chi connectivity index (χ1) is 11.0. The molecule has 0 radical (unpaired) electrons. The molecular weight excluding hydrogens is 316 g/mol. The molecule has 2 bridgehead atoms. The van der Waals surface area contributed by atoms with E-state index in [9.17, 15) is 18.0 Å². The van der Waals surface area contributed by atoms with Gasteiger partial charge in [0.05, 0.1) is 5.56 Å². The van der Waals surface area contributed by atoms with Crippen LogP contribution in [-0.4, -0.2) is 37.1 Å². The molecule has 4 rings (SSSR count). The molecule has 0 aromatic heterocycles. The number of carbonyl (C=O) groups is 2. The highest BCUT2D eigenvalue weighted by atomic mass is 32.2. The van der Waals surface area contributed by atoms with Crippen molar-refractivity contribution in [3.63, 3.8) is 0 Å². The average molecular weight is 334 g/mol. The highest BCUT2D eigenvalue weighted by Crippen LogP contribution is 2.44. The monoisotopic (exact) mass is 334 g/mol. The summed E-state index contributed by atoms with van der Waals surface area (Å²) in [6, 6.07) is 6.19. The quantitative estimate of drug-likeness (QED) is 0.898. The first-order valence-electron chi connectivity index (χ1n) is 7.92. The second-order valence-corrected chi connectivity index (χ2v) is 8.49. The smallest absolute Gasteiger partial charge is 0.269 e. The summed E-state index contributed by atoms with van der Waals surface area (Å²) in [5.74, 6) is 0.176. The molecule has 2 saturated carbocycles. The largest absolute Gasteiger partial charge is 0.352 e. The molecule has 0 spiro atoms. The Bertz CT molecular complexity index is 789. The Morgan fingerprint density at radius 1 is 1.22 bits per heavy atom. The van der Waals surface area contributed by atoms with Crippen molar-refractivity contribution < 1.29 is 18.0 Å². The molecule has 1 aliphatic heterocycles. The predicted octanol–water partition coefficient (Wildman–Crippen LogP) is 1.14. The van der Waals surface area contributed by atoms with E-state index in [1.165, 1.54) is 18.6 Å². The average Bonchev–Trinajstić information content (AvgIpc) is 3.18. The second-order valence-electron chi connectivity index (χ2n) is 6.66. The minimum atomic E-state index is -3.91. The summed E-state index contributed by atoms with van der Waals surface area (Å²) in [5, 5.41) is 2.93. The summed E-state index contributed by atoms with van der Waals surface area (Å²) >= 11 is 0. The van der Waals surface area contributed by atoms with E-state index in [-0.39, 0.29) is 16.5 Å². The van der Waals surface area contributed by atoms with Crippen molar-refractivity contribution in [2.75, 3.05) is 6.54 Å². The van der Waals surface area contributed by atoms with Gasteiger partial charge in [-0.3, -0.25) is 9.59 Å². The normalized spacial score (nSPS) is 30.5. The number of sulfonamides is 1. The second kappa shape index (κ2) is 5.06. The van der Waals surface area contributed by atoms with Crippen LogP contribution in [0.25, 0.3) is 0 Å². The maximum Gasteiger partial charge on any atom is 0.269 e. The molecule has 0 unspecified atom stereocenters. The molecule has 3 atom stereocenters. The molecule has 122 valence electrons. The Hall–Kier alpha value is -1.89. The van der Waals surface area contributed by atoms with E-state index in [0.717, 1.165) is 19.3 Å². The van der Waals surface area contributed by atoms with Crippen LogP contribution in [-0.2, 0) is 14.8 Å². The summed E-state index contributed by atoms with van der Waals surface area (Å²) in [4.78, 5) is 24.5. The van der Waals surface area contributed by atoms with Crippen molar-refractivity contribution >= 4 is 21.8 Å². The number of fused-ring (bicyclic) bond motifs is 3. The zero-order chi connectivity index (χ0) is 16.2. The van der Waals surface area contributed by atoms with Gasteiger partial charge in [-0.2, -0.15) is 0 Å². The van der Waals surface area contributed by atoms with Crippen LogP contribution >= 0.6 is 0 Å². The van der Waals surface area contributed by atoms with Gasteiger partial charge < -0.3 is 5.32 Å². The van der Waals surface area contributed by atoms with Crippen molar-refractivity contribution in [2.24, 2.45) is 11.8 Å². The van der Waals surface area contributed by atoms with Gasteiger partial charge in [-0.15, -0.1) is 0 Å². The highest BCUT2D eigenvalue weighted by Gasteiger charge is 2.43. The first-order valence-corrected chi connectivity index (χ1v) is 9.36. The molecule has 0 saturated heterocycles. The number of hydrogen-bond donors (Lipinski definition) is 1. The number of carbonyl (C=O) groups excluding carboxylic acids is 2. The minimum absolute atomic E-state index is 0.0160. The fourth-order valence-electron chi connectivity index (χ4n) is 4.19. The lowest BCUT2D eigenvalue weighted by atomic mass is 9.95. The first kappa shape index (κ1) is 14.7. The maximum absolute atomic E-state index is 12.4. The topological polar surface area (TPSA) is 83.6 Å². The third kappa shape index (κ3) is 2.25. The van der Waals surface area contributed by atoms with Crippen LogP contribution in [0.4, 0.5) is 0 Å². The lowest BCUT2D eigenvalue weighted by Gasteiger charge is -2.24. The van der Waals surface area contributed by atoms with E-state index in [4.69, 9.17) is 0 Å². The zero-order valence-corrected chi connectivity index (χ0v) is 13.4. The summed E-state index contributed by atoms with van der Waals surface area (Å²) in [6.07, 6.45) is 4.47. The van der Waals surface area contributed by atoms with Crippen molar-refractivity contribution in [2.45, 2.75) is 36.6 Å². The summed E-state index contributed by atoms with van der Waals surface area (Å²) in [7, 11) is -3.91. The molecule has 6 nitrogen and oxygen atoms in total. The zero-order valence-electron chi connectivity index (χ0n) is 12.6. The van der Waals surface area contributed by atoms with Crippen molar-refractivity contribution in [1.29, 1.82) is 0 Å². The fraction of sp³-hybridized carbons (Fsp3) is 0.500. The van der Waals surface area contributed by atoms with Crippen molar-refractivity contribution in [3.05, 3.63) is 29.8 Å². The van der Waals surface area contributed by atoms with E-state index >= 15 is 0 Å². The summed E-state index contributed by atoms with van der Waals surface area (Å²) < 4.78 is 25.5. The van der Waals surface area contributed by atoms with Crippen LogP contribution in [0.2, 0.25) is 0 Å². The molecule has 1 aromatic carbocycles. The highest BCUT2D eigenvalue weighted by molar-refractivity contribution is 7.90. The van der Waals surface area contributed by atoms with Gasteiger partial charge in [0.15, 0.2) is 0 Å². The summed E-state index contributed by atoms with van der Waals surface area (Å²) in [6.45, 7) is -0.441. The van der Waals surface area contributed by atoms with Gasteiger partial charge in [-0.25, -0.2) is 12.7 Å². The molecule has 1 heterocycles. The van der Waals surface area contributed by atoms with Gasteiger partial charge in [0, 0.05) is 6.04 Å². The van der Waals surface area contributed by atoms with Gasteiger partial charge in [0.1, 0.15) is 11.4 Å². The molecule has 2 fully saturated rings. The Morgan fingerprint density at radius 3 is 2.65 bits per heavy atom. The van der Waals surface area contributed by atoms with E-state index in [2.05, 4.69) is 5.32 Å². The molecule has 2 aliphatic carbocycles. The molecule has 23 heavy (non-hydrogen) atoms. The number of rotatable bonds is 3. The molecule has 1 aromatic rings. The Labute approximate surface area is 134 Å². The fourth-order valence-corrected chi connectivity index (χ4v) is 5.72. The number of nitrogens with zero attached hydrogens (tertiary/aromatic N) is 1. The number of hydrogen-bond acceptors (Lipinski definition) is 4. The van der Waals surface area contributed by atoms with E-state index in [1.807, 2.05) is 0 Å². The SMILES string of the molecule is O=C(CN1C(=O)c2ccccc2S1(=O)=O)N[C@H]1C[C@@H]2CC[C@H]1C2. The third-order valence-electron chi connectivity index (χ3n) is 5.28. The van der Waals surface area contributed by atoms with Crippen LogP contribution in [0, 0.1) is 11.8 Å². The number of nitrogens with one attached hydrogen (secondary N) is 1. The van der Waals surface area contributed by atoms with Gasteiger partial charge in [0.2, 0.25) is 5.91 Å². The van der Waals surface area contributed by atoms with Crippen LogP contribution < -0.4 is 5.32 Å². The van der Waals surface area contributed by atoms with Crippen LogP contribution in [0.5, 0.6) is 0 Å². The third-order valence-corrected chi connectivity index (χ3v) is 7.07. The van der Waals surface area contributed by atoms with Gasteiger partial charge in [-0.1, -0.05) is 18.6 Å². The van der Waals surface area contributed by atoms with E-state index in [0.29, 0.717) is 16.1 Å². The lowest BCUT2D eigenvalue weighted by Crippen LogP contribution is -2.45. The molecular formula is C16H18N2O4S. The van der Waals surface area contributed by atoms with Gasteiger partial charge in [0.25, 0.3) is 15.9 Å².